The Bertz CT molecular complexity index is 956. The molecule has 0 fully saturated rings. The highest BCUT2D eigenvalue weighted by atomic mass is 16.5. The van der Waals surface area contributed by atoms with Gasteiger partial charge in [0.25, 0.3) is 0 Å². The van der Waals surface area contributed by atoms with Gasteiger partial charge in [-0.05, 0) is 25.1 Å². The molecule has 26 heavy (non-hydrogen) atoms. The minimum atomic E-state index is -0.746. The Kier molecular flexibility index (Phi) is 5.12. The van der Waals surface area contributed by atoms with Crippen molar-refractivity contribution < 1.29 is 14.3 Å². The number of aromatic nitrogens is 1. The average molecular weight is 349 g/mol. The van der Waals surface area contributed by atoms with Gasteiger partial charge in [0, 0.05) is 10.9 Å². The summed E-state index contributed by atoms with van der Waals surface area (Å²) in [6.07, 6.45) is 1.52. The third-order valence-corrected chi connectivity index (χ3v) is 4.01. The summed E-state index contributed by atoms with van der Waals surface area (Å²) in [6.45, 7) is 1.79. The highest BCUT2D eigenvalue weighted by Crippen LogP contribution is 2.24. The van der Waals surface area contributed by atoms with Gasteiger partial charge in [0.05, 0.1) is 30.6 Å². The maximum absolute atomic E-state index is 12.2. The number of hydrogen-bond donors (Lipinski definition) is 2. The van der Waals surface area contributed by atoms with Crippen LogP contribution in [0.3, 0.4) is 0 Å². The molecule has 0 saturated carbocycles. The van der Waals surface area contributed by atoms with E-state index in [1.54, 1.807) is 26.2 Å². The van der Waals surface area contributed by atoms with Crippen molar-refractivity contribution in [2.75, 3.05) is 12.4 Å². The molecular formula is C20H19N3O3. The number of para-hydroxylation sites is 2. The maximum Gasteiger partial charge on any atom is 0.313 e. The number of hydrogen-bond acceptors (Lipinski definition) is 4. The summed E-state index contributed by atoms with van der Waals surface area (Å²) in [7, 11) is 1.56. The van der Waals surface area contributed by atoms with Gasteiger partial charge in [0.15, 0.2) is 0 Å². The van der Waals surface area contributed by atoms with Gasteiger partial charge < -0.3 is 15.4 Å². The van der Waals surface area contributed by atoms with Gasteiger partial charge in [-0.1, -0.05) is 36.4 Å². The first-order valence-electron chi connectivity index (χ1n) is 8.18. The number of ether oxygens (including phenoxy) is 1. The Morgan fingerprint density at radius 3 is 2.58 bits per heavy atom. The van der Waals surface area contributed by atoms with E-state index in [0.717, 1.165) is 16.5 Å². The van der Waals surface area contributed by atoms with Crippen LogP contribution >= 0.6 is 0 Å². The number of carbonyl (C=O) groups is 2. The zero-order valence-electron chi connectivity index (χ0n) is 14.5. The second-order valence-corrected chi connectivity index (χ2v) is 5.81. The van der Waals surface area contributed by atoms with Gasteiger partial charge >= 0.3 is 11.8 Å². The van der Waals surface area contributed by atoms with E-state index < -0.39 is 11.8 Å². The van der Waals surface area contributed by atoms with E-state index in [9.17, 15) is 9.59 Å². The smallest absolute Gasteiger partial charge is 0.313 e. The van der Waals surface area contributed by atoms with Crippen LogP contribution in [-0.2, 0) is 9.59 Å². The van der Waals surface area contributed by atoms with E-state index in [2.05, 4.69) is 15.6 Å². The van der Waals surface area contributed by atoms with Crippen LogP contribution in [0.15, 0.2) is 60.8 Å². The van der Waals surface area contributed by atoms with Gasteiger partial charge in [-0.25, -0.2) is 0 Å². The predicted octanol–water partition coefficient (Wildman–Crippen LogP) is 3.06. The number of nitrogens with zero attached hydrogens (tertiary/aromatic N) is 1. The van der Waals surface area contributed by atoms with Crippen molar-refractivity contribution in [2.24, 2.45) is 0 Å². The third kappa shape index (κ3) is 3.80. The summed E-state index contributed by atoms with van der Waals surface area (Å²) >= 11 is 0. The van der Waals surface area contributed by atoms with Crippen molar-refractivity contribution in [1.29, 1.82) is 0 Å². The van der Waals surface area contributed by atoms with Gasteiger partial charge in [-0.3, -0.25) is 14.6 Å². The first kappa shape index (κ1) is 17.4. The molecule has 3 aromatic rings. The van der Waals surface area contributed by atoms with Crippen LogP contribution in [0.25, 0.3) is 10.9 Å². The monoisotopic (exact) mass is 349 g/mol. The lowest BCUT2D eigenvalue weighted by atomic mass is 10.1. The fourth-order valence-corrected chi connectivity index (χ4v) is 2.69. The summed E-state index contributed by atoms with van der Waals surface area (Å²) < 4.78 is 5.28. The molecule has 0 aliphatic rings. The fraction of sp³-hybridized carbons (Fsp3) is 0.150. The molecule has 0 saturated heterocycles. The normalized spacial score (nSPS) is 11.6. The lowest BCUT2D eigenvalue weighted by molar-refractivity contribution is -0.136. The van der Waals surface area contributed by atoms with Crippen molar-refractivity contribution in [3.8, 4) is 5.75 Å². The molecule has 132 valence electrons. The maximum atomic E-state index is 12.2. The van der Waals surface area contributed by atoms with Crippen molar-refractivity contribution in [3.63, 3.8) is 0 Å². The lowest BCUT2D eigenvalue weighted by Crippen LogP contribution is -2.37. The Morgan fingerprint density at radius 1 is 1.04 bits per heavy atom. The quantitative estimate of drug-likeness (QED) is 0.710. The van der Waals surface area contributed by atoms with Crippen LogP contribution in [0.1, 0.15) is 18.5 Å². The van der Waals surface area contributed by atoms with Crippen LogP contribution in [0.4, 0.5) is 5.69 Å². The largest absolute Gasteiger partial charge is 0.496 e. The SMILES string of the molecule is COc1ccccc1[C@@H](C)NC(=O)C(=O)Nc1cnc2ccccc2c1. The number of anilines is 1. The van der Waals surface area contributed by atoms with Crippen molar-refractivity contribution >= 4 is 28.4 Å². The molecule has 6 nitrogen and oxygen atoms in total. The standard InChI is InChI=1S/C20H19N3O3/c1-13(16-8-4-6-10-18(16)26-2)22-19(24)20(25)23-15-11-14-7-3-5-9-17(14)21-12-15/h3-13H,1-2H3,(H,22,24)(H,23,25)/t13-/m1/s1. The fourth-order valence-electron chi connectivity index (χ4n) is 2.69. The molecule has 1 heterocycles. The number of carbonyl (C=O) groups excluding carboxylic acids is 2. The molecule has 2 aromatic carbocycles. The molecule has 6 heteroatoms. The van der Waals surface area contributed by atoms with Gasteiger partial charge in [-0.15, -0.1) is 0 Å². The summed E-state index contributed by atoms with van der Waals surface area (Å²) in [5.41, 5.74) is 2.08. The van der Waals surface area contributed by atoms with Crippen LogP contribution in [0, 0.1) is 0 Å². The molecule has 0 aliphatic heterocycles. The predicted molar refractivity (Wildman–Crippen MR) is 99.9 cm³/mol. The van der Waals surface area contributed by atoms with E-state index in [0.29, 0.717) is 11.4 Å². The first-order valence-corrected chi connectivity index (χ1v) is 8.18. The van der Waals surface area contributed by atoms with E-state index in [4.69, 9.17) is 4.74 Å². The minimum absolute atomic E-state index is 0.376. The molecule has 1 atom stereocenters. The Morgan fingerprint density at radius 2 is 1.77 bits per heavy atom. The molecule has 1 aromatic heterocycles. The van der Waals surface area contributed by atoms with Gasteiger partial charge in [0.2, 0.25) is 0 Å². The topological polar surface area (TPSA) is 80.3 Å². The zero-order valence-corrected chi connectivity index (χ0v) is 14.5. The summed E-state index contributed by atoms with van der Waals surface area (Å²) in [5, 5.41) is 6.13. The van der Waals surface area contributed by atoms with E-state index in [-0.39, 0.29) is 6.04 Å². The summed E-state index contributed by atoms with van der Waals surface area (Å²) in [6, 6.07) is 16.3. The lowest BCUT2D eigenvalue weighted by Gasteiger charge is -2.17. The van der Waals surface area contributed by atoms with Crippen molar-refractivity contribution in [3.05, 3.63) is 66.4 Å². The third-order valence-electron chi connectivity index (χ3n) is 4.01. The Labute approximate surface area is 151 Å². The number of pyridine rings is 1. The van der Waals surface area contributed by atoms with Crippen molar-refractivity contribution in [2.45, 2.75) is 13.0 Å². The molecule has 0 bridgehead atoms. The zero-order chi connectivity index (χ0) is 18.5. The Hall–Kier alpha value is -3.41. The highest BCUT2D eigenvalue weighted by Gasteiger charge is 2.19. The number of fused-ring (bicyclic) bond motifs is 1. The van der Waals surface area contributed by atoms with Crippen molar-refractivity contribution in [1.82, 2.24) is 10.3 Å². The second kappa shape index (κ2) is 7.65. The first-order chi connectivity index (χ1) is 12.6. The van der Waals surface area contributed by atoms with Gasteiger partial charge in [0.1, 0.15) is 5.75 Å². The number of methoxy groups -OCH3 is 1. The molecular weight excluding hydrogens is 330 g/mol. The minimum Gasteiger partial charge on any atom is -0.496 e. The summed E-state index contributed by atoms with van der Waals surface area (Å²) in [4.78, 5) is 28.7. The number of amides is 2. The molecule has 3 rings (SSSR count). The number of rotatable bonds is 4. The van der Waals surface area contributed by atoms with E-state index in [1.165, 1.54) is 6.20 Å². The van der Waals surface area contributed by atoms with Crippen LogP contribution in [-0.4, -0.2) is 23.9 Å². The summed E-state index contributed by atoms with van der Waals surface area (Å²) in [5.74, 6) is -0.820. The number of benzene rings is 2. The molecule has 2 N–H and O–H groups in total. The van der Waals surface area contributed by atoms with Gasteiger partial charge in [-0.2, -0.15) is 0 Å². The molecule has 2 amide bonds. The van der Waals surface area contributed by atoms with Crippen LogP contribution in [0.2, 0.25) is 0 Å². The second-order valence-electron chi connectivity index (χ2n) is 5.81. The molecule has 0 unspecified atom stereocenters. The number of nitrogens with one attached hydrogen (secondary N) is 2. The molecule has 0 spiro atoms. The molecule has 0 radical (unpaired) electrons. The van der Waals surface area contributed by atoms with Crippen LogP contribution < -0.4 is 15.4 Å². The van der Waals surface area contributed by atoms with Crippen LogP contribution in [0.5, 0.6) is 5.75 Å². The highest BCUT2D eigenvalue weighted by molar-refractivity contribution is 6.39. The average Bonchev–Trinajstić information content (AvgIpc) is 2.67. The van der Waals surface area contributed by atoms with E-state index >= 15 is 0 Å². The molecule has 0 aliphatic carbocycles. The van der Waals surface area contributed by atoms with E-state index in [1.807, 2.05) is 42.5 Å². The Balaban J connectivity index is 1.68.